The summed E-state index contributed by atoms with van der Waals surface area (Å²) in [4.78, 5) is 72.7. The van der Waals surface area contributed by atoms with E-state index in [-0.39, 0.29) is 25.7 Å². The fourth-order valence-electron chi connectivity index (χ4n) is 11.7. The number of hydrogen-bond donors (Lipinski definition) is 3. The summed E-state index contributed by atoms with van der Waals surface area (Å²) in [6, 6.07) is 0. The van der Waals surface area contributed by atoms with E-state index in [9.17, 15) is 43.2 Å². The van der Waals surface area contributed by atoms with Crippen molar-refractivity contribution in [2.75, 3.05) is 39.6 Å². The van der Waals surface area contributed by atoms with Crippen LogP contribution in [0, 0.1) is 5.92 Å². The lowest BCUT2D eigenvalue weighted by molar-refractivity contribution is -0.161. The van der Waals surface area contributed by atoms with E-state index in [2.05, 4.69) is 34.6 Å². The van der Waals surface area contributed by atoms with Gasteiger partial charge >= 0.3 is 39.5 Å². The van der Waals surface area contributed by atoms with E-state index in [4.69, 9.17) is 37.0 Å². The summed E-state index contributed by atoms with van der Waals surface area (Å²) in [6.45, 7) is 7.32. The first kappa shape index (κ1) is 93.1. The monoisotopic (exact) mass is 1400 g/mol. The van der Waals surface area contributed by atoms with Gasteiger partial charge in [-0.1, -0.05) is 349 Å². The highest BCUT2D eigenvalue weighted by Gasteiger charge is 2.30. The molecule has 0 radical (unpaired) electrons. The highest BCUT2D eigenvalue weighted by atomic mass is 31.2. The largest absolute Gasteiger partial charge is 0.472 e. The molecule has 0 aromatic heterocycles. The summed E-state index contributed by atoms with van der Waals surface area (Å²) in [6.07, 6.45) is 58.2. The lowest BCUT2D eigenvalue weighted by Gasteiger charge is -2.21. The molecule has 0 aliphatic carbocycles. The summed E-state index contributed by atoms with van der Waals surface area (Å²) < 4.78 is 68.4. The Morgan fingerprint density at radius 2 is 0.505 bits per heavy atom. The van der Waals surface area contributed by atoms with Crippen molar-refractivity contribution < 1.29 is 80.2 Å². The molecule has 6 atom stereocenters. The smallest absolute Gasteiger partial charge is 0.462 e. The topological polar surface area (TPSA) is 237 Å². The van der Waals surface area contributed by atoms with Gasteiger partial charge < -0.3 is 33.8 Å². The molecule has 0 saturated heterocycles. The van der Waals surface area contributed by atoms with Crippen LogP contribution < -0.4 is 0 Å². The van der Waals surface area contributed by atoms with Crippen LogP contribution in [0.1, 0.15) is 401 Å². The zero-order valence-electron chi connectivity index (χ0n) is 61.8. The van der Waals surface area contributed by atoms with Crippen molar-refractivity contribution in [3.8, 4) is 0 Å². The maximum Gasteiger partial charge on any atom is 0.472 e. The molecule has 0 bridgehead atoms. The van der Waals surface area contributed by atoms with Crippen LogP contribution >= 0.6 is 15.6 Å². The van der Waals surface area contributed by atoms with Crippen LogP contribution in [-0.2, 0) is 65.4 Å². The van der Waals surface area contributed by atoms with Gasteiger partial charge in [0.2, 0.25) is 0 Å². The Morgan fingerprint density at radius 3 is 0.747 bits per heavy atom. The molecule has 0 aromatic carbocycles. The highest BCUT2D eigenvalue weighted by Crippen LogP contribution is 2.45. The van der Waals surface area contributed by atoms with Gasteiger partial charge in [0, 0.05) is 25.7 Å². The van der Waals surface area contributed by atoms with Crippen molar-refractivity contribution in [3.05, 3.63) is 0 Å². The number of aliphatic hydroxyl groups excluding tert-OH is 1. The van der Waals surface area contributed by atoms with Crippen molar-refractivity contribution in [1.82, 2.24) is 0 Å². The Hall–Kier alpha value is -1.94. The Kier molecular flexibility index (Phi) is 67.7. The second-order valence-electron chi connectivity index (χ2n) is 27.6. The van der Waals surface area contributed by atoms with Crippen LogP contribution in [0.25, 0.3) is 0 Å². The van der Waals surface area contributed by atoms with Gasteiger partial charge in [-0.15, -0.1) is 0 Å². The molecule has 3 N–H and O–H groups in total. The molecule has 0 heterocycles. The van der Waals surface area contributed by atoms with Gasteiger partial charge in [-0.3, -0.25) is 37.3 Å². The summed E-state index contributed by atoms with van der Waals surface area (Å²) in [5.41, 5.74) is 0. The third kappa shape index (κ3) is 69.0. The maximum absolute atomic E-state index is 13.1. The Bertz CT molecular complexity index is 1820. The predicted molar refractivity (Wildman–Crippen MR) is 386 cm³/mol. The van der Waals surface area contributed by atoms with Gasteiger partial charge in [-0.05, 0) is 31.6 Å². The molecular weight excluding hydrogens is 1250 g/mol. The fourth-order valence-corrected chi connectivity index (χ4v) is 13.3. The number of carbonyl (C=O) groups excluding carboxylic acids is 4. The van der Waals surface area contributed by atoms with Gasteiger partial charge in [-0.2, -0.15) is 0 Å². The molecule has 0 rings (SSSR count). The standard InChI is InChI=1S/C76H148O17P2/c1-6-10-13-16-19-21-23-25-27-32-36-40-45-50-55-60-74(79)87-66-72(93-76(81)62-57-52-47-42-38-34-30-29-31-35-39-44-48-53-58-69(5)9-4)68-91-95(84,85)89-64-70(77)63-88-94(82,83)90-67-71(65-86-73(78)59-54-49-43-18-15-12-8-3)92-75(80)61-56-51-46-41-37-33-28-26-24-22-20-17-14-11-7-2/h69-72,77H,6-68H2,1-5H3,(H,82,83)(H,84,85)/t69?,70-,71+,72+/m0/s1. The van der Waals surface area contributed by atoms with Gasteiger partial charge in [0.05, 0.1) is 26.4 Å². The molecule has 0 amide bonds. The van der Waals surface area contributed by atoms with Gasteiger partial charge in [0.15, 0.2) is 12.2 Å². The predicted octanol–water partition coefficient (Wildman–Crippen LogP) is 22.5. The molecule has 0 aliphatic rings. The van der Waals surface area contributed by atoms with Crippen LogP contribution in [-0.4, -0.2) is 96.7 Å². The average molecular weight is 1400 g/mol. The van der Waals surface area contributed by atoms with Gasteiger partial charge in [-0.25, -0.2) is 9.13 Å². The maximum atomic E-state index is 13.1. The first-order valence-electron chi connectivity index (χ1n) is 39.7. The molecular formula is C76H148O17P2. The first-order chi connectivity index (χ1) is 46.1. The minimum absolute atomic E-state index is 0.108. The quantitative estimate of drug-likeness (QED) is 0.0222. The third-order valence-electron chi connectivity index (χ3n) is 18.1. The molecule has 0 fully saturated rings. The van der Waals surface area contributed by atoms with Crippen LogP contribution in [0.4, 0.5) is 0 Å². The number of carbonyl (C=O) groups is 4. The number of phosphoric ester groups is 2. The molecule has 0 spiro atoms. The van der Waals surface area contributed by atoms with Crippen LogP contribution in [0.3, 0.4) is 0 Å². The highest BCUT2D eigenvalue weighted by molar-refractivity contribution is 7.47. The normalized spacial score (nSPS) is 14.2. The molecule has 0 aromatic rings. The van der Waals surface area contributed by atoms with Crippen LogP contribution in [0.2, 0.25) is 0 Å². The van der Waals surface area contributed by atoms with E-state index in [0.29, 0.717) is 25.7 Å². The molecule has 95 heavy (non-hydrogen) atoms. The number of esters is 4. The molecule has 17 nitrogen and oxygen atoms in total. The molecule has 0 saturated carbocycles. The summed E-state index contributed by atoms with van der Waals surface area (Å²) in [5, 5.41) is 10.6. The summed E-state index contributed by atoms with van der Waals surface area (Å²) >= 11 is 0. The number of rotatable bonds is 76. The average Bonchev–Trinajstić information content (AvgIpc) is 1.57. The Labute approximate surface area is 581 Å². The molecule has 3 unspecified atom stereocenters. The number of phosphoric acid groups is 2. The Morgan fingerprint density at radius 1 is 0.295 bits per heavy atom. The van der Waals surface area contributed by atoms with E-state index < -0.39 is 97.5 Å². The van der Waals surface area contributed by atoms with Crippen molar-refractivity contribution in [3.63, 3.8) is 0 Å². The van der Waals surface area contributed by atoms with E-state index in [1.54, 1.807) is 0 Å². The van der Waals surface area contributed by atoms with Crippen LogP contribution in [0.15, 0.2) is 0 Å². The number of ether oxygens (including phenoxy) is 4. The van der Waals surface area contributed by atoms with E-state index in [1.165, 1.54) is 212 Å². The van der Waals surface area contributed by atoms with E-state index in [1.807, 2.05) is 0 Å². The Balaban J connectivity index is 5.19. The second-order valence-corrected chi connectivity index (χ2v) is 30.5. The SMILES string of the molecule is CCCCCCCCCCCCCCCCCC(=O)OC[C@H](COP(=O)(O)OC[C@@H](O)COP(=O)(O)OC[C@@H](COC(=O)CCCCCCCCC)OC(=O)CCCCCCCCCCCCCCCCC)OC(=O)CCCCCCCCCCCCCCCCC(C)CC. The van der Waals surface area contributed by atoms with Crippen molar-refractivity contribution >= 4 is 39.5 Å². The number of aliphatic hydroxyl groups is 1. The molecule has 0 aliphatic heterocycles. The molecule has 564 valence electrons. The minimum atomic E-state index is -4.96. The summed E-state index contributed by atoms with van der Waals surface area (Å²) in [7, 11) is -9.91. The van der Waals surface area contributed by atoms with Crippen molar-refractivity contribution in [2.45, 2.75) is 419 Å². The van der Waals surface area contributed by atoms with Crippen molar-refractivity contribution in [1.29, 1.82) is 0 Å². The second kappa shape index (κ2) is 69.2. The number of hydrogen-bond acceptors (Lipinski definition) is 15. The van der Waals surface area contributed by atoms with Crippen molar-refractivity contribution in [2.24, 2.45) is 5.92 Å². The zero-order valence-corrected chi connectivity index (χ0v) is 63.6. The minimum Gasteiger partial charge on any atom is -0.462 e. The third-order valence-corrected chi connectivity index (χ3v) is 20.0. The van der Waals surface area contributed by atoms with Gasteiger partial charge in [0.1, 0.15) is 19.3 Å². The van der Waals surface area contributed by atoms with E-state index in [0.717, 1.165) is 109 Å². The lowest BCUT2D eigenvalue weighted by atomic mass is 9.99. The zero-order chi connectivity index (χ0) is 69.8. The van der Waals surface area contributed by atoms with Gasteiger partial charge in [0.25, 0.3) is 0 Å². The fraction of sp³-hybridized carbons (Fsp3) is 0.947. The first-order valence-corrected chi connectivity index (χ1v) is 42.7. The number of unbranched alkanes of at least 4 members (excludes halogenated alkanes) is 47. The summed E-state index contributed by atoms with van der Waals surface area (Å²) in [5.74, 6) is -1.27. The molecule has 19 heteroatoms. The van der Waals surface area contributed by atoms with Crippen LogP contribution in [0.5, 0.6) is 0 Å². The van der Waals surface area contributed by atoms with E-state index >= 15 is 0 Å². The lowest BCUT2D eigenvalue weighted by Crippen LogP contribution is -2.30.